The average molecular weight is 338 g/mol. The van der Waals surface area contributed by atoms with Crippen LogP contribution in [-0.4, -0.2) is 51.8 Å². The maximum Gasteiger partial charge on any atom is 0.142 e. The lowest BCUT2D eigenvalue weighted by Crippen LogP contribution is -2.46. The quantitative estimate of drug-likeness (QED) is 0.804. The lowest BCUT2D eigenvalue weighted by Gasteiger charge is -2.36. The van der Waals surface area contributed by atoms with Gasteiger partial charge >= 0.3 is 0 Å². The number of hydrogen-bond donors (Lipinski definition) is 0. The van der Waals surface area contributed by atoms with Gasteiger partial charge in [0.1, 0.15) is 11.5 Å². The molecule has 1 aliphatic rings. The third-order valence-corrected chi connectivity index (χ3v) is 4.60. The molecule has 132 valence electrons. The fourth-order valence-corrected chi connectivity index (χ4v) is 3.20. The van der Waals surface area contributed by atoms with Crippen LogP contribution in [0, 0.1) is 0 Å². The van der Waals surface area contributed by atoms with Crippen molar-refractivity contribution in [2.75, 3.05) is 51.8 Å². The minimum atomic E-state index is 0.916. The highest BCUT2D eigenvalue weighted by molar-refractivity contribution is 5.59. The minimum absolute atomic E-state index is 0.916. The minimum Gasteiger partial charge on any atom is -0.496 e. The second-order valence-electron chi connectivity index (χ2n) is 6.10. The molecule has 1 saturated heterocycles. The Bertz CT molecular complexity index is 707. The molecule has 3 rings (SSSR count). The molecule has 0 aliphatic carbocycles. The summed E-state index contributed by atoms with van der Waals surface area (Å²) in [5.41, 5.74) is 2.31. The molecule has 1 heterocycles. The van der Waals surface area contributed by atoms with E-state index < -0.39 is 0 Å². The summed E-state index contributed by atoms with van der Waals surface area (Å²) in [6.45, 7) is 5.09. The van der Waals surface area contributed by atoms with Gasteiger partial charge in [-0.2, -0.15) is 0 Å². The van der Waals surface area contributed by atoms with Crippen LogP contribution in [0.1, 0.15) is 5.56 Å². The molecule has 0 N–H and O–H groups in total. The Kier molecular flexibility index (Phi) is 5.96. The Hall–Kier alpha value is -2.46. The van der Waals surface area contributed by atoms with Gasteiger partial charge < -0.3 is 14.4 Å². The molecule has 25 heavy (non-hydrogen) atoms. The van der Waals surface area contributed by atoms with Crippen LogP contribution in [0.5, 0.6) is 11.5 Å². The largest absolute Gasteiger partial charge is 0.496 e. The van der Waals surface area contributed by atoms with Crippen LogP contribution in [0.4, 0.5) is 5.69 Å². The number of methoxy groups -OCH3 is 2. The topological polar surface area (TPSA) is 24.9 Å². The first-order valence-electron chi connectivity index (χ1n) is 8.71. The summed E-state index contributed by atoms with van der Waals surface area (Å²) in [5.74, 6) is 1.87. The van der Waals surface area contributed by atoms with Gasteiger partial charge in [0.25, 0.3) is 0 Å². The standard InChI is InChI=1S/C21H26N2O2/c1-24-20-11-5-3-8-18(20)9-7-13-22-14-16-23(17-15-22)19-10-4-6-12-21(19)25-2/h3-12H,13-17H2,1-2H3/b9-7+. The number of ether oxygens (including phenoxy) is 2. The Labute approximate surface area is 150 Å². The van der Waals surface area contributed by atoms with Gasteiger partial charge in [-0.25, -0.2) is 0 Å². The van der Waals surface area contributed by atoms with Crippen molar-refractivity contribution in [1.29, 1.82) is 0 Å². The number of anilines is 1. The molecule has 0 bridgehead atoms. The van der Waals surface area contributed by atoms with Crippen molar-refractivity contribution in [2.24, 2.45) is 0 Å². The SMILES string of the molecule is COc1ccccc1/C=C/CN1CCN(c2ccccc2OC)CC1. The van der Waals surface area contributed by atoms with Gasteiger partial charge in [0.15, 0.2) is 0 Å². The Morgan fingerprint density at radius 3 is 2.20 bits per heavy atom. The molecule has 4 heteroatoms. The van der Waals surface area contributed by atoms with Gasteiger partial charge in [-0.3, -0.25) is 4.90 Å². The highest BCUT2D eigenvalue weighted by atomic mass is 16.5. The monoisotopic (exact) mass is 338 g/mol. The zero-order valence-electron chi connectivity index (χ0n) is 15.0. The molecule has 0 aromatic heterocycles. The summed E-state index contributed by atoms with van der Waals surface area (Å²) in [4.78, 5) is 4.87. The highest BCUT2D eigenvalue weighted by Gasteiger charge is 2.18. The van der Waals surface area contributed by atoms with Crippen LogP contribution < -0.4 is 14.4 Å². The van der Waals surface area contributed by atoms with Crippen LogP contribution in [0.15, 0.2) is 54.6 Å². The van der Waals surface area contributed by atoms with E-state index in [9.17, 15) is 0 Å². The van der Waals surface area contributed by atoms with Crippen LogP contribution >= 0.6 is 0 Å². The van der Waals surface area contributed by atoms with E-state index in [4.69, 9.17) is 9.47 Å². The zero-order valence-corrected chi connectivity index (χ0v) is 15.0. The summed E-state index contributed by atoms with van der Waals surface area (Å²) < 4.78 is 10.9. The van der Waals surface area contributed by atoms with Crippen LogP contribution in [0.2, 0.25) is 0 Å². The maximum absolute atomic E-state index is 5.48. The van der Waals surface area contributed by atoms with Gasteiger partial charge in [0, 0.05) is 38.3 Å². The van der Waals surface area contributed by atoms with Crippen molar-refractivity contribution < 1.29 is 9.47 Å². The van der Waals surface area contributed by atoms with E-state index in [2.05, 4.69) is 40.2 Å². The molecule has 0 radical (unpaired) electrons. The molecule has 2 aromatic carbocycles. The molecule has 0 spiro atoms. The Balaban J connectivity index is 1.53. The number of hydrogen-bond acceptors (Lipinski definition) is 4. The van der Waals surface area contributed by atoms with Crippen molar-refractivity contribution >= 4 is 11.8 Å². The van der Waals surface area contributed by atoms with E-state index in [1.54, 1.807) is 14.2 Å². The molecule has 0 atom stereocenters. The number of rotatable bonds is 6. The molecule has 1 aliphatic heterocycles. The van der Waals surface area contributed by atoms with Crippen LogP contribution in [0.3, 0.4) is 0 Å². The first kappa shape index (κ1) is 17.4. The second-order valence-corrected chi connectivity index (χ2v) is 6.10. The van der Waals surface area contributed by atoms with E-state index in [1.807, 2.05) is 30.3 Å². The molecule has 0 amide bonds. The summed E-state index contributed by atoms with van der Waals surface area (Å²) >= 11 is 0. The first-order valence-corrected chi connectivity index (χ1v) is 8.71. The van der Waals surface area contributed by atoms with Crippen LogP contribution in [-0.2, 0) is 0 Å². The Morgan fingerprint density at radius 2 is 1.48 bits per heavy atom. The van der Waals surface area contributed by atoms with Gasteiger partial charge in [0.2, 0.25) is 0 Å². The van der Waals surface area contributed by atoms with Crippen molar-refractivity contribution in [2.45, 2.75) is 0 Å². The van der Waals surface area contributed by atoms with Crippen molar-refractivity contribution in [3.8, 4) is 11.5 Å². The zero-order chi connectivity index (χ0) is 17.5. The van der Waals surface area contributed by atoms with E-state index in [1.165, 1.54) is 5.69 Å². The lowest BCUT2D eigenvalue weighted by molar-refractivity contribution is 0.283. The summed E-state index contributed by atoms with van der Waals surface area (Å²) in [7, 11) is 3.45. The molecule has 1 fully saturated rings. The molecule has 0 unspecified atom stereocenters. The smallest absolute Gasteiger partial charge is 0.142 e. The van der Waals surface area contributed by atoms with Crippen molar-refractivity contribution in [3.05, 3.63) is 60.2 Å². The predicted molar refractivity (Wildman–Crippen MR) is 104 cm³/mol. The maximum atomic E-state index is 5.48. The number of benzene rings is 2. The van der Waals surface area contributed by atoms with E-state index in [0.717, 1.165) is 49.8 Å². The average Bonchev–Trinajstić information content (AvgIpc) is 2.69. The van der Waals surface area contributed by atoms with Gasteiger partial charge in [0.05, 0.1) is 19.9 Å². The molecule has 2 aromatic rings. The first-order chi connectivity index (χ1) is 12.3. The Morgan fingerprint density at radius 1 is 0.840 bits per heavy atom. The predicted octanol–water partition coefficient (Wildman–Crippen LogP) is 3.54. The van der Waals surface area contributed by atoms with Gasteiger partial charge in [-0.15, -0.1) is 0 Å². The van der Waals surface area contributed by atoms with Crippen LogP contribution in [0.25, 0.3) is 6.08 Å². The normalized spacial score (nSPS) is 15.5. The number of para-hydroxylation sites is 3. The summed E-state index contributed by atoms with van der Waals surface area (Å²) in [5, 5.41) is 0. The third-order valence-electron chi connectivity index (χ3n) is 4.60. The van der Waals surface area contributed by atoms with Crippen molar-refractivity contribution in [1.82, 2.24) is 4.90 Å². The van der Waals surface area contributed by atoms with Crippen molar-refractivity contribution in [3.63, 3.8) is 0 Å². The number of nitrogens with zero attached hydrogens (tertiary/aromatic N) is 2. The van der Waals surface area contributed by atoms with Gasteiger partial charge in [-0.05, 0) is 18.2 Å². The van der Waals surface area contributed by atoms with Gasteiger partial charge in [-0.1, -0.05) is 42.5 Å². The van der Waals surface area contributed by atoms with E-state index in [0.29, 0.717) is 0 Å². The summed E-state index contributed by atoms with van der Waals surface area (Å²) in [6, 6.07) is 16.3. The van der Waals surface area contributed by atoms with E-state index in [-0.39, 0.29) is 0 Å². The fourth-order valence-electron chi connectivity index (χ4n) is 3.20. The molecule has 4 nitrogen and oxygen atoms in total. The fraction of sp³-hybridized carbons (Fsp3) is 0.333. The molecular formula is C21H26N2O2. The van der Waals surface area contributed by atoms with E-state index >= 15 is 0 Å². The third kappa shape index (κ3) is 4.34. The molecular weight excluding hydrogens is 312 g/mol. The summed E-state index contributed by atoms with van der Waals surface area (Å²) in [6.07, 6.45) is 4.36. The second kappa shape index (κ2) is 8.58. The molecule has 0 saturated carbocycles. The lowest BCUT2D eigenvalue weighted by atomic mass is 10.2. The number of piperazine rings is 1. The highest BCUT2D eigenvalue weighted by Crippen LogP contribution is 2.28.